The van der Waals surface area contributed by atoms with Crippen LogP contribution in [0.4, 0.5) is 0 Å². The summed E-state index contributed by atoms with van der Waals surface area (Å²) in [6.07, 6.45) is 2.56. The minimum Gasteiger partial charge on any atom is -0.460 e. The van der Waals surface area contributed by atoms with Crippen molar-refractivity contribution >= 4 is 35.0 Å². The lowest BCUT2D eigenvalue weighted by atomic mass is 9.84. The standard InChI is InChI=1S/C30H32N2O2S2/c1-2-20-34-29(33)28(22-35-23-31)32-19-18-27(21-32)36-30(24-12-6-3-7-13-24,25-14-8-4-9-15-25)26-16-10-5-11-17-26/h2-17,23,27-28,31H,1,18-22H2. The molecule has 0 amide bonds. The Morgan fingerprint density at radius 2 is 1.53 bits per heavy atom. The van der Waals surface area contributed by atoms with E-state index in [0.29, 0.717) is 11.0 Å². The number of nitrogens with zero attached hydrogens (tertiary/aromatic N) is 1. The van der Waals surface area contributed by atoms with Crippen molar-refractivity contribution in [3.8, 4) is 0 Å². The molecule has 0 aliphatic carbocycles. The smallest absolute Gasteiger partial charge is 0.324 e. The predicted octanol–water partition coefficient (Wildman–Crippen LogP) is 6.22. The zero-order valence-electron chi connectivity index (χ0n) is 20.3. The van der Waals surface area contributed by atoms with Crippen molar-refractivity contribution in [1.82, 2.24) is 4.90 Å². The molecule has 0 saturated carbocycles. The van der Waals surface area contributed by atoms with Crippen molar-refractivity contribution < 1.29 is 9.53 Å². The molecule has 1 N–H and O–H groups in total. The SMILES string of the molecule is C=CCOC(=O)C(CSC=N)N1CCC(SC(c2ccccc2)(c2ccccc2)c2ccccc2)C1. The number of benzene rings is 3. The van der Waals surface area contributed by atoms with E-state index >= 15 is 0 Å². The van der Waals surface area contributed by atoms with Crippen LogP contribution in [0, 0.1) is 5.41 Å². The Kier molecular flexibility index (Phi) is 9.45. The molecule has 1 aliphatic rings. The van der Waals surface area contributed by atoms with Crippen LogP contribution in [0.5, 0.6) is 0 Å². The molecule has 0 aromatic heterocycles. The van der Waals surface area contributed by atoms with Crippen LogP contribution < -0.4 is 0 Å². The largest absolute Gasteiger partial charge is 0.460 e. The Morgan fingerprint density at radius 3 is 2.00 bits per heavy atom. The van der Waals surface area contributed by atoms with Gasteiger partial charge in [0.15, 0.2) is 0 Å². The van der Waals surface area contributed by atoms with Crippen molar-refractivity contribution in [2.45, 2.75) is 22.5 Å². The first kappa shape index (κ1) is 26.3. The zero-order valence-corrected chi connectivity index (χ0v) is 21.9. The molecule has 3 aromatic rings. The van der Waals surface area contributed by atoms with Crippen molar-refractivity contribution in [1.29, 1.82) is 5.41 Å². The summed E-state index contributed by atoms with van der Waals surface area (Å²) in [4.78, 5) is 15.1. The zero-order chi connectivity index (χ0) is 25.2. The third-order valence-corrected chi connectivity index (χ3v) is 8.91. The van der Waals surface area contributed by atoms with Gasteiger partial charge in [-0.2, -0.15) is 0 Å². The number of hydrogen-bond acceptors (Lipinski definition) is 6. The van der Waals surface area contributed by atoms with E-state index in [9.17, 15) is 4.79 Å². The number of carbonyl (C=O) groups excluding carboxylic acids is 1. The van der Waals surface area contributed by atoms with Gasteiger partial charge in [0.25, 0.3) is 0 Å². The summed E-state index contributed by atoms with van der Waals surface area (Å²) < 4.78 is 5.03. The molecule has 2 unspecified atom stereocenters. The molecule has 0 bridgehead atoms. The highest BCUT2D eigenvalue weighted by Gasteiger charge is 2.42. The van der Waals surface area contributed by atoms with E-state index in [-0.39, 0.29) is 23.4 Å². The summed E-state index contributed by atoms with van der Waals surface area (Å²) in [6.45, 7) is 5.46. The Bertz CT molecular complexity index is 1030. The molecule has 4 rings (SSSR count). The molecular formula is C30H32N2O2S2. The Hall–Kier alpha value is -2.80. The molecule has 1 aliphatic heterocycles. The highest BCUT2D eigenvalue weighted by Crippen LogP contribution is 2.51. The molecule has 2 atom stereocenters. The number of rotatable bonds is 12. The normalized spacial score (nSPS) is 16.8. The number of thioether (sulfide) groups is 2. The lowest BCUT2D eigenvalue weighted by Gasteiger charge is -2.37. The van der Waals surface area contributed by atoms with Crippen molar-refractivity contribution in [2.24, 2.45) is 0 Å². The average Bonchev–Trinajstić information content (AvgIpc) is 3.40. The summed E-state index contributed by atoms with van der Waals surface area (Å²) in [7, 11) is 0. The van der Waals surface area contributed by atoms with Gasteiger partial charge in [0, 0.05) is 24.1 Å². The van der Waals surface area contributed by atoms with Crippen molar-refractivity contribution in [3.63, 3.8) is 0 Å². The second kappa shape index (κ2) is 12.9. The molecule has 0 spiro atoms. The van der Waals surface area contributed by atoms with E-state index in [1.807, 2.05) is 11.8 Å². The van der Waals surface area contributed by atoms with Gasteiger partial charge in [-0.1, -0.05) is 104 Å². The summed E-state index contributed by atoms with van der Waals surface area (Å²) in [5.41, 5.74) is 5.02. The van der Waals surface area contributed by atoms with E-state index < -0.39 is 0 Å². The van der Waals surface area contributed by atoms with Crippen LogP contribution in [0.2, 0.25) is 0 Å². The van der Waals surface area contributed by atoms with Crippen LogP contribution in [-0.4, -0.2) is 53.2 Å². The average molecular weight is 517 g/mol. The van der Waals surface area contributed by atoms with Gasteiger partial charge in [0.05, 0.1) is 10.3 Å². The monoisotopic (exact) mass is 516 g/mol. The Labute approximate surface area is 222 Å². The molecule has 1 saturated heterocycles. The second-order valence-electron chi connectivity index (χ2n) is 8.69. The van der Waals surface area contributed by atoms with Crippen LogP contribution in [0.15, 0.2) is 104 Å². The van der Waals surface area contributed by atoms with Crippen LogP contribution >= 0.6 is 23.5 Å². The van der Waals surface area contributed by atoms with Crippen molar-refractivity contribution in [3.05, 3.63) is 120 Å². The number of nitrogens with one attached hydrogen (secondary N) is 1. The quantitative estimate of drug-likeness (QED) is 0.102. The summed E-state index contributed by atoms with van der Waals surface area (Å²) in [5.74, 6) is 0.272. The van der Waals surface area contributed by atoms with Gasteiger partial charge in [-0.15, -0.1) is 23.5 Å². The Balaban J connectivity index is 1.68. The van der Waals surface area contributed by atoms with Crippen LogP contribution in [0.3, 0.4) is 0 Å². The minimum absolute atomic E-state index is 0.204. The van der Waals surface area contributed by atoms with Gasteiger partial charge in [-0.05, 0) is 23.1 Å². The first-order chi connectivity index (χ1) is 17.7. The predicted molar refractivity (Wildman–Crippen MR) is 153 cm³/mol. The lowest BCUT2D eigenvalue weighted by molar-refractivity contribution is -0.147. The molecule has 36 heavy (non-hydrogen) atoms. The molecule has 186 valence electrons. The van der Waals surface area contributed by atoms with Gasteiger partial charge >= 0.3 is 5.97 Å². The summed E-state index contributed by atoms with van der Waals surface area (Å²) in [6, 6.07) is 31.8. The molecule has 6 heteroatoms. The molecule has 0 radical (unpaired) electrons. The van der Waals surface area contributed by atoms with E-state index in [4.69, 9.17) is 10.1 Å². The Morgan fingerprint density at radius 1 is 1.00 bits per heavy atom. The summed E-state index contributed by atoms with van der Waals surface area (Å²) in [5, 5.41) is 7.75. The molecular weight excluding hydrogens is 484 g/mol. The van der Waals surface area contributed by atoms with Gasteiger partial charge < -0.3 is 10.1 Å². The molecule has 1 heterocycles. The van der Waals surface area contributed by atoms with Crippen LogP contribution in [-0.2, 0) is 14.3 Å². The number of esters is 1. The third kappa shape index (κ3) is 5.94. The van der Waals surface area contributed by atoms with E-state index in [1.54, 1.807) is 6.08 Å². The van der Waals surface area contributed by atoms with Gasteiger partial charge in [0.2, 0.25) is 0 Å². The fourth-order valence-corrected chi connectivity index (χ4v) is 7.24. The van der Waals surface area contributed by atoms with Crippen LogP contribution in [0.1, 0.15) is 23.1 Å². The van der Waals surface area contributed by atoms with E-state index in [2.05, 4.69) is 102 Å². The number of ether oxygens (including phenoxy) is 1. The molecule has 1 fully saturated rings. The highest BCUT2D eigenvalue weighted by atomic mass is 32.2. The highest BCUT2D eigenvalue weighted by molar-refractivity contribution is 8.12. The minimum atomic E-state index is -0.382. The lowest BCUT2D eigenvalue weighted by Crippen LogP contribution is -2.43. The number of likely N-dealkylation sites (tertiary alicyclic amines) is 1. The maximum Gasteiger partial charge on any atom is 0.324 e. The second-order valence-corrected chi connectivity index (χ2v) is 11.1. The maximum absolute atomic E-state index is 12.8. The first-order valence-corrected chi connectivity index (χ1v) is 14.1. The van der Waals surface area contributed by atoms with E-state index in [0.717, 1.165) is 19.5 Å². The maximum atomic E-state index is 12.8. The number of hydrogen-bond donors (Lipinski definition) is 1. The van der Waals surface area contributed by atoms with Gasteiger partial charge in [0.1, 0.15) is 12.6 Å². The third-order valence-electron chi connectivity index (χ3n) is 6.45. The van der Waals surface area contributed by atoms with Crippen LogP contribution in [0.25, 0.3) is 0 Å². The van der Waals surface area contributed by atoms with Gasteiger partial charge in [-0.25, -0.2) is 0 Å². The van der Waals surface area contributed by atoms with Crippen molar-refractivity contribution in [2.75, 3.05) is 25.4 Å². The topological polar surface area (TPSA) is 53.4 Å². The number of carbonyl (C=O) groups is 1. The van der Waals surface area contributed by atoms with E-state index in [1.165, 1.54) is 34.0 Å². The van der Waals surface area contributed by atoms with Gasteiger partial charge in [-0.3, -0.25) is 9.69 Å². The fourth-order valence-electron chi connectivity index (χ4n) is 4.80. The fraction of sp³-hybridized carbons (Fsp3) is 0.267. The summed E-state index contributed by atoms with van der Waals surface area (Å²) >= 11 is 3.31. The molecule has 3 aromatic carbocycles. The molecule has 4 nitrogen and oxygen atoms in total. The first-order valence-electron chi connectivity index (χ1n) is 12.2.